The topological polar surface area (TPSA) is 95.9 Å². The minimum Gasteiger partial charge on any atom is -0.481 e. The van der Waals surface area contributed by atoms with Gasteiger partial charge in [-0.1, -0.05) is 13.8 Å². The third-order valence-corrected chi connectivity index (χ3v) is 4.54. The van der Waals surface area contributed by atoms with Crippen molar-refractivity contribution in [3.63, 3.8) is 0 Å². The number of aliphatic hydroxyl groups is 1. The van der Waals surface area contributed by atoms with Gasteiger partial charge in [0.1, 0.15) is 0 Å². The molecule has 0 radical (unpaired) electrons. The van der Waals surface area contributed by atoms with Gasteiger partial charge in [-0.05, 0) is 12.8 Å². The van der Waals surface area contributed by atoms with Crippen molar-refractivity contribution in [1.29, 1.82) is 0 Å². The second-order valence-electron chi connectivity index (χ2n) is 5.77. The first kappa shape index (κ1) is 15.3. The molecule has 2 fully saturated rings. The molecular weight excluding hydrogens is 262 g/mol. The number of carbonyl (C=O) groups excluding carboxylic acids is 1. The summed E-state index contributed by atoms with van der Waals surface area (Å²) in [6, 6.07) is -0.501. The zero-order valence-corrected chi connectivity index (χ0v) is 12.1. The molecule has 0 spiro atoms. The van der Waals surface area contributed by atoms with E-state index < -0.39 is 30.1 Å². The molecule has 2 unspecified atom stereocenters. The molecule has 6 atom stereocenters. The van der Waals surface area contributed by atoms with E-state index in [4.69, 9.17) is 9.84 Å². The van der Waals surface area contributed by atoms with Crippen LogP contribution in [-0.2, 0) is 14.3 Å². The van der Waals surface area contributed by atoms with Gasteiger partial charge < -0.3 is 20.3 Å². The highest BCUT2D eigenvalue weighted by atomic mass is 16.5. The van der Waals surface area contributed by atoms with Crippen LogP contribution in [0.2, 0.25) is 0 Å². The summed E-state index contributed by atoms with van der Waals surface area (Å²) in [7, 11) is 0. The molecule has 0 aromatic heterocycles. The highest BCUT2D eigenvalue weighted by Gasteiger charge is 2.70. The molecule has 2 aliphatic carbocycles. The van der Waals surface area contributed by atoms with E-state index in [2.05, 4.69) is 5.32 Å². The van der Waals surface area contributed by atoms with Gasteiger partial charge in [-0.3, -0.25) is 9.59 Å². The van der Waals surface area contributed by atoms with Crippen molar-refractivity contribution >= 4 is 11.9 Å². The van der Waals surface area contributed by atoms with Crippen LogP contribution in [-0.4, -0.2) is 46.4 Å². The molecule has 114 valence electrons. The van der Waals surface area contributed by atoms with Crippen LogP contribution in [0.15, 0.2) is 0 Å². The van der Waals surface area contributed by atoms with E-state index in [0.717, 1.165) is 12.8 Å². The van der Waals surface area contributed by atoms with Crippen LogP contribution in [0.1, 0.15) is 33.6 Å². The fraction of sp³-hybridized carbons (Fsp3) is 0.857. The summed E-state index contributed by atoms with van der Waals surface area (Å²) in [5.41, 5.74) is 0. The smallest absolute Gasteiger partial charge is 0.307 e. The largest absolute Gasteiger partial charge is 0.481 e. The summed E-state index contributed by atoms with van der Waals surface area (Å²) in [6.45, 7) is 5.40. The van der Waals surface area contributed by atoms with Gasteiger partial charge in [0, 0.05) is 18.8 Å². The number of nitrogens with one attached hydrogen (secondary N) is 1. The van der Waals surface area contributed by atoms with Crippen LogP contribution in [0.5, 0.6) is 0 Å². The number of rotatable bonds is 6. The number of aliphatic hydroxyl groups excluding tert-OH is 1. The van der Waals surface area contributed by atoms with E-state index in [-0.39, 0.29) is 23.8 Å². The van der Waals surface area contributed by atoms with E-state index in [1.54, 1.807) is 0 Å². The van der Waals surface area contributed by atoms with Crippen molar-refractivity contribution in [3.05, 3.63) is 0 Å². The van der Waals surface area contributed by atoms with Crippen LogP contribution < -0.4 is 5.32 Å². The fourth-order valence-corrected chi connectivity index (χ4v) is 3.51. The second-order valence-corrected chi connectivity index (χ2v) is 5.77. The Balaban J connectivity index is 2.13. The lowest BCUT2D eigenvalue weighted by Gasteiger charge is -2.30. The number of fused-ring (bicyclic) bond motifs is 1. The van der Waals surface area contributed by atoms with Crippen LogP contribution in [0.25, 0.3) is 0 Å². The summed E-state index contributed by atoms with van der Waals surface area (Å²) >= 11 is 0. The third kappa shape index (κ3) is 2.54. The Hall–Kier alpha value is -1.14. The quantitative estimate of drug-likeness (QED) is 0.656. The maximum Gasteiger partial charge on any atom is 0.307 e. The number of carboxylic acids is 1. The zero-order chi connectivity index (χ0) is 15.0. The molecule has 1 amide bonds. The molecule has 20 heavy (non-hydrogen) atoms. The molecule has 2 aliphatic rings. The molecule has 0 aliphatic heterocycles. The van der Waals surface area contributed by atoms with E-state index in [1.165, 1.54) is 6.92 Å². The molecule has 0 heterocycles. The van der Waals surface area contributed by atoms with Crippen molar-refractivity contribution in [2.75, 3.05) is 0 Å². The minimum atomic E-state index is -0.890. The van der Waals surface area contributed by atoms with Gasteiger partial charge in [-0.2, -0.15) is 0 Å². The Morgan fingerprint density at radius 1 is 1.25 bits per heavy atom. The minimum absolute atomic E-state index is 0.0252. The van der Waals surface area contributed by atoms with Gasteiger partial charge in [-0.15, -0.1) is 0 Å². The number of aliphatic carboxylic acids is 1. The average molecular weight is 285 g/mol. The van der Waals surface area contributed by atoms with Crippen molar-refractivity contribution in [1.82, 2.24) is 5.32 Å². The first-order chi connectivity index (χ1) is 9.42. The van der Waals surface area contributed by atoms with Gasteiger partial charge in [-0.25, -0.2) is 0 Å². The number of carbonyl (C=O) groups is 2. The lowest BCUT2D eigenvalue weighted by molar-refractivity contribution is -0.142. The third-order valence-electron chi connectivity index (χ3n) is 4.54. The molecule has 0 aromatic rings. The highest BCUT2D eigenvalue weighted by molar-refractivity contribution is 5.76. The normalized spacial score (nSPS) is 38.6. The van der Waals surface area contributed by atoms with Crippen molar-refractivity contribution < 1.29 is 24.5 Å². The molecule has 2 rings (SSSR count). The van der Waals surface area contributed by atoms with Crippen molar-refractivity contribution in [2.24, 2.45) is 17.8 Å². The monoisotopic (exact) mass is 285 g/mol. The van der Waals surface area contributed by atoms with E-state index in [0.29, 0.717) is 0 Å². The lowest BCUT2D eigenvalue weighted by Crippen LogP contribution is -2.50. The maximum absolute atomic E-state index is 11.3. The van der Waals surface area contributed by atoms with E-state index >= 15 is 0 Å². The predicted molar refractivity (Wildman–Crippen MR) is 71.0 cm³/mol. The number of ether oxygens (including phenoxy) is 1. The van der Waals surface area contributed by atoms with Crippen LogP contribution in [0, 0.1) is 17.8 Å². The Morgan fingerprint density at radius 3 is 2.30 bits per heavy atom. The van der Waals surface area contributed by atoms with Gasteiger partial charge in [0.15, 0.2) is 0 Å². The Bertz CT molecular complexity index is 395. The van der Waals surface area contributed by atoms with Crippen molar-refractivity contribution in [3.8, 4) is 0 Å². The van der Waals surface area contributed by atoms with Gasteiger partial charge in [0.2, 0.25) is 5.91 Å². The maximum atomic E-state index is 11.3. The predicted octanol–water partition coefficient (Wildman–Crippen LogP) is 0.386. The summed E-state index contributed by atoms with van der Waals surface area (Å²) < 4.78 is 5.99. The van der Waals surface area contributed by atoms with Crippen LogP contribution in [0.4, 0.5) is 0 Å². The van der Waals surface area contributed by atoms with Gasteiger partial charge in [0.05, 0.1) is 30.3 Å². The standard InChI is InChI=1S/C14H23NO5/c1-4-7(5-2)20-13-9-8(10(9)14(18)19)12(17)11(13)15-6(3)16/h7-13,17H,4-5H2,1-3H3,(H,15,16)(H,18,19)/t8?,9?,10-,11+,12+,13+/m0/s1. The molecule has 2 saturated carbocycles. The Labute approximate surface area is 118 Å². The van der Waals surface area contributed by atoms with Gasteiger partial charge >= 0.3 is 5.97 Å². The molecule has 3 N–H and O–H groups in total. The second kappa shape index (κ2) is 5.69. The summed E-state index contributed by atoms with van der Waals surface area (Å²) in [4.78, 5) is 22.4. The highest BCUT2D eigenvalue weighted by Crippen LogP contribution is 2.58. The van der Waals surface area contributed by atoms with Crippen molar-refractivity contribution in [2.45, 2.75) is 58.0 Å². The molecular formula is C14H23NO5. The van der Waals surface area contributed by atoms with E-state index in [9.17, 15) is 14.7 Å². The molecule has 6 nitrogen and oxygen atoms in total. The summed E-state index contributed by atoms with van der Waals surface area (Å²) in [6.07, 6.45) is 0.419. The Morgan fingerprint density at radius 2 is 1.85 bits per heavy atom. The molecule has 0 saturated heterocycles. The first-order valence-corrected chi connectivity index (χ1v) is 7.25. The average Bonchev–Trinajstić information content (AvgIpc) is 3.06. The van der Waals surface area contributed by atoms with E-state index in [1.807, 2.05) is 13.8 Å². The summed E-state index contributed by atoms with van der Waals surface area (Å²) in [5.74, 6) is -2.17. The summed E-state index contributed by atoms with van der Waals surface area (Å²) in [5, 5.41) is 22.1. The number of carboxylic acid groups (broad SMARTS) is 1. The van der Waals surface area contributed by atoms with Crippen LogP contribution in [0.3, 0.4) is 0 Å². The molecule has 0 aromatic carbocycles. The zero-order valence-electron chi connectivity index (χ0n) is 12.1. The van der Waals surface area contributed by atoms with Gasteiger partial charge in [0.25, 0.3) is 0 Å². The lowest BCUT2D eigenvalue weighted by atomic mass is 10.0. The number of amides is 1. The Kier molecular flexibility index (Phi) is 4.34. The molecule has 6 heteroatoms. The molecule has 0 bridgehead atoms. The fourth-order valence-electron chi connectivity index (χ4n) is 3.51. The van der Waals surface area contributed by atoms with Crippen LogP contribution >= 0.6 is 0 Å². The number of hydrogen-bond acceptors (Lipinski definition) is 4. The number of hydrogen-bond donors (Lipinski definition) is 3. The SMILES string of the molecule is CCC(CC)O[C@@H]1C2C([C@@H]2C(=O)O)[C@@H](O)[C@H]1NC(C)=O. The first-order valence-electron chi connectivity index (χ1n) is 7.25.